The van der Waals surface area contributed by atoms with E-state index >= 15 is 0 Å². The molecule has 2 aromatic heterocycles. The number of hydrogen-bond acceptors (Lipinski definition) is 4. The molecule has 1 saturated heterocycles. The van der Waals surface area contributed by atoms with Crippen LogP contribution in [0.3, 0.4) is 0 Å². The van der Waals surface area contributed by atoms with Crippen molar-refractivity contribution in [2.24, 2.45) is 7.05 Å². The molecule has 3 aromatic rings. The molecular weight excluding hydrogens is 334 g/mol. The molecule has 0 unspecified atom stereocenters. The number of likely N-dealkylation sites (tertiary alicyclic amines) is 1. The lowest BCUT2D eigenvalue weighted by molar-refractivity contribution is 0.195. The summed E-state index contributed by atoms with van der Waals surface area (Å²) < 4.78 is 1.82. The summed E-state index contributed by atoms with van der Waals surface area (Å²) in [6.45, 7) is 8.80. The molecule has 1 aromatic carbocycles. The van der Waals surface area contributed by atoms with Crippen LogP contribution in [0.15, 0.2) is 55.1 Å². The van der Waals surface area contributed by atoms with Gasteiger partial charge in [0.2, 0.25) is 0 Å². The van der Waals surface area contributed by atoms with Gasteiger partial charge in [-0.3, -0.25) is 9.58 Å². The van der Waals surface area contributed by atoms with Gasteiger partial charge in [0.25, 0.3) is 0 Å². The number of pyridine rings is 1. The molecule has 140 valence electrons. The Bertz CT molecular complexity index is 952. The van der Waals surface area contributed by atoms with Crippen LogP contribution in [0.5, 0.6) is 0 Å². The molecule has 27 heavy (non-hydrogen) atoms. The van der Waals surface area contributed by atoms with E-state index in [0.29, 0.717) is 6.04 Å². The smallest absolute Gasteiger partial charge is 0.130 e. The predicted molar refractivity (Wildman–Crippen MR) is 112 cm³/mol. The summed E-state index contributed by atoms with van der Waals surface area (Å²) in [5.41, 5.74) is 3.29. The molecule has 1 fully saturated rings. The molecule has 1 aliphatic heterocycles. The summed E-state index contributed by atoms with van der Waals surface area (Å²) in [5, 5.41) is 9.99. The number of anilines is 1. The molecule has 0 spiro atoms. The van der Waals surface area contributed by atoms with Crippen molar-refractivity contribution in [3.05, 3.63) is 55.1 Å². The topological polar surface area (TPSA) is 46.0 Å². The van der Waals surface area contributed by atoms with Crippen LogP contribution >= 0.6 is 0 Å². The fourth-order valence-electron chi connectivity index (χ4n) is 3.75. The monoisotopic (exact) mass is 361 g/mol. The first-order valence-corrected chi connectivity index (χ1v) is 9.69. The van der Waals surface area contributed by atoms with Crippen LogP contribution in [0.2, 0.25) is 0 Å². The van der Waals surface area contributed by atoms with Gasteiger partial charge >= 0.3 is 0 Å². The molecule has 0 amide bonds. The maximum atomic E-state index is 4.57. The molecule has 3 heterocycles. The lowest BCUT2D eigenvalue weighted by Gasteiger charge is -2.33. The Morgan fingerprint density at radius 1 is 1.07 bits per heavy atom. The Hall–Kier alpha value is -2.66. The molecule has 5 nitrogen and oxygen atoms in total. The van der Waals surface area contributed by atoms with E-state index in [1.54, 1.807) is 0 Å². The van der Waals surface area contributed by atoms with Gasteiger partial charge in [-0.25, -0.2) is 4.98 Å². The van der Waals surface area contributed by atoms with Crippen molar-refractivity contribution in [2.75, 3.05) is 18.4 Å². The second kappa shape index (κ2) is 7.53. The third-order valence-corrected chi connectivity index (χ3v) is 5.49. The van der Waals surface area contributed by atoms with E-state index in [1.807, 2.05) is 30.3 Å². The summed E-state index contributed by atoms with van der Waals surface area (Å²) in [4.78, 5) is 7.07. The van der Waals surface area contributed by atoms with E-state index in [4.69, 9.17) is 0 Å². The first-order valence-electron chi connectivity index (χ1n) is 9.69. The second-order valence-corrected chi connectivity index (χ2v) is 7.46. The first kappa shape index (κ1) is 17.7. The summed E-state index contributed by atoms with van der Waals surface area (Å²) in [5.74, 6) is 0.847. The molecule has 1 aliphatic rings. The minimum atomic E-state index is 0.310. The Morgan fingerprint density at radius 3 is 2.63 bits per heavy atom. The highest BCUT2D eigenvalue weighted by Gasteiger charge is 2.19. The SMILES string of the molecule is C=C(Nc1cc2cc(-c3cnn(C)c3)ccc2cn1)[C@H](C)N1CCCCC1. The van der Waals surface area contributed by atoms with Gasteiger partial charge in [0, 0.05) is 42.1 Å². The quantitative estimate of drug-likeness (QED) is 0.730. The number of piperidine rings is 1. The average molecular weight is 361 g/mol. The lowest BCUT2D eigenvalue weighted by Crippen LogP contribution is -2.39. The van der Waals surface area contributed by atoms with Crippen LogP contribution in [0.1, 0.15) is 26.2 Å². The predicted octanol–water partition coefficient (Wildman–Crippen LogP) is 4.44. The van der Waals surface area contributed by atoms with E-state index in [2.05, 4.69) is 58.1 Å². The number of rotatable bonds is 5. The molecule has 1 N–H and O–H groups in total. The largest absolute Gasteiger partial charge is 0.343 e. The molecule has 0 radical (unpaired) electrons. The van der Waals surface area contributed by atoms with Crippen LogP contribution in [0, 0.1) is 0 Å². The fraction of sp³-hybridized carbons (Fsp3) is 0.364. The number of benzene rings is 1. The van der Waals surface area contributed by atoms with Crippen LogP contribution in [-0.4, -0.2) is 38.8 Å². The van der Waals surface area contributed by atoms with E-state index in [9.17, 15) is 0 Å². The molecule has 0 bridgehead atoms. The van der Waals surface area contributed by atoms with E-state index in [1.165, 1.54) is 19.3 Å². The van der Waals surface area contributed by atoms with Gasteiger partial charge in [-0.05, 0) is 55.9 Å². The van der Waals surface area contributed by atoms with Crippen molar-refractivity contribution in [3.63, 3.8) is 0 Å². The normalized spacial score (nSPS) is 16.4. The van der Waals surface area contributed by atoms with Gasteiger partial charge in [-0.15, -0.1) is 0 Å². The average Bonchev–Trinajstić information content (AvgIpc) is 3.14. The molecular formula is C22H27N5. The Kier molecular flexibility index (Phi) is 4.94. The number of nitrogens with zero attached hydrogens (tertiary/aromatic N) is 4. The van der Waals surface area contributed by atoms with Gasteiger partial charge in [-0.1, -0.05) is 25.1 Å². The summed E-state index contributed by atoms with van der Waals surface area (Å²) in [7, 11) is 1.94. The summed E-state index contributed by atoms with van der Waals surface area (Å²) in [6, 6.07) is 8.83. The van der Waals surface area contributed by atoms with Crippen LogP contribution in [0.4, 0.5) is 5.82 Å². The number of fused-ring (bicyclic) bond motifs is 1. The van der Waals surface area contributed by atoms with Crippen molar-refractivity contribution < 1.29 is 0 Å². The van der Waals surface area contributed by atoms with E-state index < -0.39 is 0 Å². The Balaban J connectivity index is 1.54. The molecule has 5 heteroatoms. The highest BCUT2D eigenvalue weighted by molar-refractivity contribution is 5.88. The summed E-state index contributed by atoms with van der Waals surface area (Å²) in [6.07, 6.45) is 9.75. The van der Waals surface area contributed by atoms with Crippen molar-refractivity contribution >= 4 is 16.6 Å². The van der Waals surface area contributed by atoms with Gasteiger partial charge in [0.1, 0.15) is 5.82 Å². The molecule has 0 aliphatic carbocycles. The third-order valence-electron chi connectivity index (χ3n) is 5.49. The van der Waals surface area contributed by atoms with E-state index in [0.717, 1.165) is 46.5 Å². The number of aromatic nitrogens is 3. The van der Waals surface area contributed by atoms with Crippen molar-refractivity contribution in [1.29, 1.82) is 0 Å². The third kappa shape index (κ3) is 3.88. The van der Waals surface area contributed by atoms with Gasteiger partial charge in [0.15, 0.2) is 0 Å². The highest BCUT2D eigenvalue weighted by Crippen LogP contribution is 2.26. The zero-order valence-electron chi connectivity index (χ0n) is 16.2. The first-order chi connectivity index (χ1) is 13.1. The fourth-order valence-corrected chi connectivity index (χ4v) is 3.75. The summed E-state index contributed by atoms with van der Waals surface area (Å²) >= 11 is 0. The van der Waals surface area contributed by atoms with E-state index in [-0.39, 0.29) is 0 Å². The molecule has 4 rings (SSSR count). The number of aryl methyl sites for hydroxylation is 1. The zero-order chi connectivity index (χ0) is 18.8. The van der Waals surface area contributed by atoms with Gasteiger partial charge in [-0.2, -0.15) is 5.10 Å². The zero-order valence-corrected chi connectivity index (χ0v) is 16.2. The van der Waals surface area contributed by atoms with Crippen molar-refractivity contribution in [1.82, 2.24) is 19.7 Å². The van der Waals surface area contributed by atoms with Gasteiger partial charge in [0.05, 0.1) is 6.20 Å². The van der Waals surface area contributed by atoms with Crippen molar-refractivity contribution in [3.8, 4) is 11.1 Å². The molecule has 0 saturated carbocycles. The standard InChI is InChI=1S/C22H27N5/c1-16(17(2)27-9-5-4-6-10-27)25-22-12-20-11-18(7-8-19(20)13-23-22)21-14-24-26(3)15-21/h7-8,11-15,17H,1,4-6,9-10H2,2-3H3,(H,23,25)/t17-/m0/s1. The molecule has 1 atom stereocenters. The minimum Gasteiger partial charge on any atom is -0.343 e. The Labute approximate surface area is 160 Å². The lowest BCUT2D eigenvalue weighted by atomic mass is 10.0. The van der Waals surface area contributed by atoms with Crippen LogP contribution in [0.25, 0.3) is 21.9 Å². The number of nitrogens with one attached hydrogen (secondary N) is 1. The van der Waals surface area contributed by atoms with Gasteiger partial charge < -0.3 is 5.32 Å². The Morgan fingerprint density at radius 2 is 1.89 bits per heavy atom. The number of hydrogen-bond donors (Lipinski definition) is 1. The van der Waals surface area contributed by atoms with Crippen LogP contribution in [-0.2, 0) is 7.05 Å². The van der Waals surface area contributed by atoms with Crippen molar-refractivity contribution in [2.45, 2.75) is 32.2 Å². The minimum absolute atomic E-state index is 0.310. The van der Waals surface area contributed by atoms with Crippen LogP contribution < -0.4 is 5.32 Å². The highest BCUT2D eigenvalue weighted by atomic mass is 15.2. The maximum absolute atomic E-state index is 4.57. The maximum Gasteiger partial charge on any atom is 0.130 e. The second-order valence-electron chi connectivity index (χ2n) is 7.46.